The molecule has 232 valence electrons. The van der Waals surface area contributed by atoms with Crippen molar-refractivity contribution >= 4 is 18.1 Å². The molecule has 0 radical (unpaired) electrons. The van der Waals surface area contributed by atoms with Gasteiger partial charge in [0.1, 0.15) is 18.5 Å². The Hall–Kier alpha value is -4.97. The smallest absolute Gasteiger partial charge is 0.333 e. The van der Waals surface area contributed by atoms with E-state index in [0.29, 0.717) is 25.4 Å². The lowest BCUT2D eigenvalue weighted by Gasteiger charge is -2.22. The summed E-state index contributed by atoms with van der Waals surface area (Å²) in [4.78, 5) is 11.3. The average molecular weight is 611 g/mol. The Morgan fingerprint density at radius 3 is 1.91 bits per heavy atom. The molecular formula is C41H38O5. The van der Waals surface area contributed by atoms with Gasteiger partial charge in [0.15, 0.2) is 6.10 Å². The minimum Gasteiger partial charge on any atom is -0.491 e. The maximum atomic E-state index is 11.3. The van der Waals surface area contributed by atoms with Gasteiger partial charge < -0.3 is 19.3 Å². The molecule has 5 heteroatoms. The summed E-state index contributed by atoms with van der Waals surface area (Å²) < 4.78 is 17.8. The first-order valence-electron chi connectivity index (χ1n) is 15.7. The van der Waals surface area contributed by atoms with Crippen LogP contribution >= 0.6 is 0 Å². The summed E-state index contributed by atoms with van der Waals surface area (Å²) in [6.07, 6.45) is 5.30. The van der Waals surface area contributed by atoms with Crippen molar-refractivity contribution in [1.29, 1.82) is 0 Å². The molecule has 5 aromatic rings. The second-order valence-corrected chi connectivity index (χ2v) is 11.6. The first-order valence-corrected chi connectivity index (χ1v) is 15.7. The third-order valence-electron chi connectivity index (χ3n) is 8.35. The average Bonchev–Trinajstić information content (AvgIpc) is 3.23. The summed E-state index contributed by atoms with van der Waals surface area (Å²) in [5.41, 5.74) is 10.5. The number of benzene rings is 5. The fourth-order valence-corrected chi connectivity index (χ4v) is 5.95. The topological polar surface area (TPSA) is 65.0 Å². The van der Waals surface area contributed by atoms with E-state index in [-0.39, 0.29) is 6.10 Å². The number of aliphatic carboxylic acids is 1. The second kappa shape index (κ2) is 14.9. The third kappa shape index (κ3) is 7.81. The molecule has 0 aliphatic heterocycles. The molecule has 46 heavy (non-hydrogen) atoms. The zero-order valence-electron chi connectivity index (χ0n) is 26.0. The molecule has 1 aliphatic carbocycles. The highest BCUT2D eigenvalue weighted by Crippen LogP contribution is 2.37. The highest BCUT2D eigenvalue weighted by atomic mass is 16.5. The van der Waals surface area contributed by atoms with Crippen LogP contribution in [0.15, 0.2) is 121 Å². The van der Waals surface area contributed by atoms with E-state index in [0.717, 1.165) is 40.7 Å². The lowest BCUT2D eigenvalue weighted by molar-refractivity contribution is -0.148. The van der Waals surface area contributed by atoms with Crippen molar-refractivity contribution in [2.24, 2.45) is 0 Å². The van der Waals surface area contributed by atoms with Crippen LogP contribution in [0.4, 0.5) is 0 Å². The molecular weight excluding hydrogens is 572 g/mol. The lowest BCUT2D eigenvalue weighted by atomic mass is 9.92. The van der Waals surface area contributed by atoms with E-state index in [1.807, 2.05) is 36.4 Å². The van der Waals surface area contributed by atoms with Crippen molar-refractivity contribution in [1.82, 2.24) is 0 Å². The van der Waals surface area contributed by atoms with Gasteiger partial charge in [-0.3, -0.25) is 0 Å². The molecule has 0 saturated heterocycles. The Balaban J connectivity index is 1.20. The SMILES string of the molecule is COC(Cc1ccc(OCCOC2c3ccc(Cc4ccccc4)cc3C=Cc3ccc(Cc4ccccc4)cc32)cc1)C(=O)O. The Morgan fingerprint density at radius 2 is 1.26 bits per heavy atom. The summed E-state index contributed by atoms with van der Waals surface area (Å²) in [7, 11) is 1.41. The molecule has 0 spiro atoms. The number of carboxylic acid groups (broad SMARTS) is 1. The molecule has 0 saturated carbocycles. The number of hydrogen-bond acceptors (Lipinski definition) is 4. The summed E-state index contributed by atoms with van der Waals surface area (Å²) >= 11 is 0. The van der Waals surface area contributed by atoms with Crippen LogP contribution in [0.1, 0.15) is 56.2 Å². The summed E-state index contributed by atoms with van der Waals surface area (Å²) in [6.45, 7) is 0.768. The number of carboxylic acids is 1. The summed E-state index contributed by atoms with van der Waals surface area (Å²) in [6, 6.07) is 41.9. The normalized spacial score (nSPS) is 14.2. The predicted molar refractivity (Wildman–Crippen MR) is 182 cm³/mol. The van der Waals surface area contributed by atoms with Crippen molar-refractivity contribution in [3.63, 3.8) is 0 Å². The Labute approximate surface area is 270 Å². The molecule has 5 aromatic carbocycles. The van der Waals surface area contributed by atoms with Gasteiger partial charge in [-0.25, -0.2) is 4.79 Å². The molecule has 0 heterocycles. The number of fused-ring (bicyclic) bond motifs is 2. The maximum Gasteiger partial charge on any atom is 0.333 e. The standard InChI is InChI=1S/C41H38O5/c1-44-39(41(42)43)28-31-13-19-36(20-14-31)45-22-23-46-40-37-21-15-32(24-29-8-4-2-5-9-29)26-35(37)18-17-34-16-12-33(27-38(34)40)25-30-10-6-3-7-11-30/h2-21,26-27,39-40H,22-25,28H2,1H3,(H,42,43). The van der Waals surface area contributed by atoms with Crippen LogP contribution in [0.25, 0.3) is 12.2 Å². The van der Waals surface area contributed by atoms with Gasteiger partial charge in [-0.2, -0.15) is 0 Å². The van der Waals surface area contributed by atoms with E-state index in [9.17, 15) is 9.90 Å². The van der Waals surface area contributed by atoms with Gasteiger partial charge in [0.05, 0.1) is 6.61 Å². The first-order chi connectivity index (χ1) is 22.6. The Kier molecular flexibility index (Phi) is 10.0. The van der Waals surface area contributed by atoms with Gasteiger partial charge in [-0.15, -0.1) is 0 Å². The zero-order chi connectivity index (χ0) is 31.7. The van der Waals surface area contributed by atoms with Crippen LogP contribution < -0.4 is 4.74 Å². The Bertz CT molecular complexity index is 1780. The second-order valence-electron chi connectivity index (χ2n) is 11.6. The molecule has 0 bridgehead atoms. The van der Waals surface area contributed by atoms with Gasteiger partial charge in [0.25, 0.3) is 0 Å². The van der Waals surface area contributed by atoms with Gasteiger partial charge >= 0.3 is 5.97 Å². The van der Waals surface area contributed by atoms with Gasteiger partial charge in [0.2, 0.25) is 0 Å². The number of rotatable bonds is 13. The quantitative estimate of drug-likeness (QED) is 0.136. The highest BCUT2D eigenvalue weighted by Gasteiger charge is 2.23. The number of ether oxygens (including phenoxy) is 3. The van der Waals surface area contributed by atoms with E-state index >= 15 is 0 Å². The number of methoxy groups -OCH3 is 1. The zero-order valence-corrected chi connectivity index (χ0v) is 26.0. The lowest BCUT2D eigenvalue weighted by Crippen LogP contribution is -2.24. The molecule has 2 unspecified atom stereocenters. The summed E-state index contributed by atoms with van der Waals surface area (Å²) in [5, 5.41) is 9.27. The molecule has 0 fully saturated rings. The molecule has 2 atom stereocenters. The van der Waals surface area contributed by atoms with Crippen LogP contribution in [0.5, 0.6) is 5.75 Å². The van der Waals surface area contributed by atoms with E-state index in [4.69, 9.17) is 14.2 Å². The third-order valence-corrected chi connectivity index (χ3v) is 8.35. The minimum atomic E-state index is -0.976. The van der Waals surface area contributed by atoms with E-state index in [1.54, 1.807) is 0 Å². The maximum absolute atomic E-state index is 11.3. The molecule has 0 aromatic heterocycles. The molecule has 0 amide bonds. The fourth-order valence-electron chi connectivity index (χ4n) is 5.95. The van der Waals surface area contributed by atoms with Crippen molar-refractivity contribution in [3.05, 3.63) is 171 Å². The predicted octanol–water partition coefficient (Wildman–Crippen LogP) is 8.18. The monoisotopic (exact) mass is 610 g/mol. The Morgan fingerprint density at radius 1 is 0.652 bits per heavy atom. The van der Waals surface area contributed by atoms with Crippen LogP contribution in [0, 0.1) is 0 Å². The van der Waals surface area contributed by atoms with Crippen LogP contribution in [0.2, 0.25) is 0 Å². The molecule has 1 N–H and O–H groups in total. The largest absolute Gasteiger partial charge is 0.491 e. The van der Waals surface area contributed by atoms with Gasteiger partial charge in [-0.05, 0) is 75.0 Å². The van der Waals surface area contributed by atoms with Crippen LogP contribution in [-0.2, 0) is 33.5 Å². The van der Waals surface area contributed by atoms with Gasteiger partial charge in [0, 0.05) is 13.5 Å². The molecule has 5 nitrogen and oxygen atoms in total. The van der Waals surface area contributed by atoms with Crippen molar-refractivity contribution in [2.75, 3.05) is 20.3 Å². The van der Waals surface area contributed by atoms with E-state index < -0.39 is 12.1 Å². The van der Waals surface area contributed by atoms with E-state index in [2.05, 4.69) is 97.1 Å². The van der Waals surface area contributed by atoms with Gasteiger partial charge in [-0.1, -0.05) is 121 Å². The number of hydrogen-bond donors (Lipinski definition) is 1. The van der Waals surface area contributed by atoms with Crippen molar-refractivity contribution in [2.45, 2.75) is 31.5 Å². The molecule has 6 rings (SSSR count). The summed E-state index contributed by atoms with van der Waals surface area (Å²) in [5.74, 6) is -0.271. The highest BCUT2D eigenvalue weighted by molar-refractivity contribution is 5.77. The number of carbonyl (C=O) groups is 1. The first kappa shape index (κ1) is 31.0. The van der Waals surface area contributed by atoms with E-state index in [1.165, 1.54) is 29.4 Å². The minimum absolute atomic E-state index is 0.255. The van der Waals surface area contributed by atoms with Crippen molar-refractivity contribution in [3.8, 4) is 5.75 Å². The molecule has 1 aliphatic rings. The fraction of sp³-hybridized carbons (Fsp3) is 0.195. The van der Waals surface area contributed by atoms with Crippen molar-refractivity contribution < 1.29 is 24.1 Å². The van der Waals surface area contributed by atoms with Crippen LogP contribution in [0.3, 0.4) is 0 Å². The van der Waals surface area contributed by atoms with Crippen LogP contribution in [-0.4, -0.2) is 37.5 Å².